The number of halogens is 2. The second-order valence-electron chi connectivity index (χ2n) is 6.96. The zero-order chi connectivity index (χ0) is 16.5. The van der Waals surface area contributed by atoms with Crippen LogP contribution in [0.4, 0.5) is 8.78 Å². The number of hydrogen-bond donors (Lipinski definition) is 0. The minimum atomic E-state index is -0.125. The lowest BCUT2D eigenvalue weighted by molar-refractivity contribution is 0.302. The average molecular weight is 320 g/mol. The summed E-state index contributed by atoms with van der Waals surface area (Å²) in [5, 5.41) is 0. The van der Waals surface area contributed by atoms with Crippen molar-refractivity contribution in [3.63, 3.8) is 0 Å². The minimum Gasteiger partial charge on any atom is -0.216 e. The molecule has 1 saturated carbocycles. The number of aryl methyl sites for hydroxylation is 1. The van der Waals surface area contributed by atoms with E-state index >= 15 is 0 Å². The summed E-state index contributed by atoms with van der Waals surface area (Å²) in [6.45, 7) is 2.25. The Morgan fingerprint density at radius 2 is 1.91 bits per heavy atom. The van der Waals surface area contributed by atoms with Crippen molar-refractivity contribution in [2.24, 2.45) is 5.92 Å². The van der Waals surface area contributed by atoms with E-state index in [0.29, 0.717) is 30.7 Å². The summed E-state index contributed by atoms with van der Waals surface area (Å²) in [5.74, 6) is 1.28. The topological polar surface area (TPSA) is 0 Å². The largest absolute Gasteiger partial charge is 0.216 e. The summed E-state index contributed by atoms with van der Waals surface area (Å²) >= 11 is 0. The summed E-state index contributed by atoms with van der Waals surface area (Å²) in [7, 11) is 0. The van der Waals surface area contributed by atoms with E-state index in [1.807, 2.05) is 6.07 Å². The van der Waals surface area contributed by atoms with Crippen LogP contribution in [0.5, 0.6) is 0 Å². The second-order valence-corrected chi connectivity index (χ2v) is 6.96. The monoisotopic (exact) mass is 320 g/mol. The Balaban J connectivity index is 1.84. The molecule has 0 bridgehead atoms. The predicted molar refractivity (Wildman–Crippen MR) is 93.8 cm³/mol. The van der Waals surface area contributed by atoms with E-state index in [2.05, 4.69) is 13.0 Å². The molecule has 0 aliphatic heterocycles. The molecular weight excluding hydrogens is 290 g/mol. The summed E-state index contributed by atoms with van der Waals surface area (Å²) in [5.41, 5.74) is 1.85. The van der Waals surface area contributed by atoms with Gasteiger partial charge in [-0.25, -0.2) is 8.78 Å². The lowest BCUT2D eigenvalue weighted by Crippen LogP contribution is -2.13. The van der Waals surface area contributed by atoms with Crippen LogP contribution in [0.25, 0.3) is 0 Å². The van der Waals surface area contributed by atoms with Crippen LogP contribution in [-0.2, 0) is 6.42 Å². The quantitative estimate of drug-likeness (QED) is 0.448. The number of unbranched alkanes of at least 4 members (excludes halogenated alkanes) is 2. The normalized spacial score (nSPS) is 21.9. The molecule has 0 atom stereocenters. The van der Waals surface area contributed by atoms with Gasteiger partial charge in [0.25, 0.3) is 0 Å². The second kappa shape index (κ2) is 9.85. The highest BCUT2D eigenvalue weighted by molar-refractivity contribution is 5.27. The van der Waals surface area contributed by atoms with Crippen LogP contribution in [0.2, 0.25) is 0 Å². The first-order valence-electron chi connectivity index (χ1n) is 9.28. The van der Waals surface area contributed by atoms with Crippen LogP contribution in [0.3, 0.4) is 0 Å². The number of allylic oxidation sites excluding steroid dienone is 1. The molecule has 0 N–H and O–H groups in total. The molecule has 1 aromatic carbocycles. The van der Waals surface area contributed by atoms with Gasteiger partial charge in [-0.15, -0.1) is 0 Å². The van der Waals surface area contributed by atoms with Crippen molar-refractivity contribution in [2.45, 2.75) is 77.0 Å². The first kappa shape index (κ1) is 18.2. The molecule has 0 heterocycles. The maximum Gasteiger partial charge on any atom is 0.126 e. The molecule has 2 heteroatoms. The minimum absolute atomic E-state index is 0.125. The Kier molecular flexibility index (Phi) is 7.78. The lowest BCUT2D eigenvalue weighted by Gasteiger charge is -2.29. The fourth-order valence-electron chi connectivity index (χ4n) is 3.79. The van der Waals surface area contributed by atoms with E-state index in [1.54, 1.807) is 6.07 Å². The van der Waals surface area contributed by atoms with Gasteiger partial charge in [-0.05, 0) is 67.6 Å². The summed E-state index contributed by atoms with van der Waals surface area (Å²) in [6.07, 6.45) is 13.4. The fraction of sp³-hybridized carbons (Fsp3) is 0.619. The van der Waals surface area contributed by atoms with Crippen LogP contribution in [0, 0.1) is 11.7 Å². The molecule has 1 aliphatic carbocycles. The standard InChI is InChI=1S/C21H30F2/c1-2-3-4-7-17-9-11-18(12-10-17)20-14-13-19(21(23)16-20)8-5-6-15-22/h6,13-18H,2-5,7-12H2,1H3/b15-6+/t17-,18-. The molecule has 0 nitrogen and oxygen atoms in total. The average Bonchev–Trinajstić information content (AvgIpc) is 2.57. The third kappa shape index (κ3) is 5.75. The van der Waals surface area contributed by atoms with Crippen molar-refractivity contribution >= 4 is 0 Å². The Hall–Kier alpha value is -1.18. The SMILES string of the molecule is CCCCC[C@H]1CC[C@H](c2ccc(CC/C=C/F)c(F)c2)CC1. The van der Waals surface area contributed by atoms with Crippen LogP contribution in [0.1, 0.15) is 81.8 Å². The molecule has 0 amide bonds. The van der Waals surface area contributed by atoms with E-state index in [0.717, 1.165) is 11.5 Å². The summed E-state index contributed by atoms with van der Waals surface area (Å²) in [6, 6.07) is 5.69. The smallest absolute Gasteiger partial charge is 0.126 e. The lowest BCUT2D eigenvalue weighted by atomic mass is 9.77. The van der Waals surface area contributed by atoms with E-state index in [4.69, 9.17) is 0 Å². The molecule has 23 heavy (non-hydrogen) atoms. The number of benzene rings is 1. The van der Waals surface area contributed by atoms with Gasteiger partial charge in [0.1, 0.15) is 5.82 Å². The summed E-state index contributed by atoms with van der Waals surface area (Å²) < 4.78 is 26.2. The third-order valence-electron chi connectivity index (χ3n) is 5.28. The maximum absolute atomic E-state index is 14.2. The highest BCUT2D eigenvalue weighted by atomic mass is 19.1. The molecule has 0 unspecified atom stereocenters. The molecule has 0 radical (unpaired) electrons. The Morgan fingerprint density at radius 3 is 2.57 bits per heavy atom. The van der Waals surface area contributed by atoms with Crippen molar-refractivity contribution in [3.05, 3.63) is 47.5 Å². The zero-order valence-electron chi connectivity index (χ0n) is 14.4. The fourth-order valence-corrected chi connectivity index (χ4v) is 3.79. The van der Waals surface area contributed by atoms with Crippen molar-refractivity contribution in [1.29, 1.82) is 0 Å². The zero-order valence-corrected chi connectivity index (χ0v) is 14.4. The van der Waals surface area contributed by atoms with Gasteiger partial charge >= 0.3 is 0 Å². The molecule has 0 saturated heterocycles. The molecule has 1 fully saturated rings. The van der Waals surface area contributed by atoms with E-state index in [1.165, 1.54) is 57.4 Å². The van der Waals surface area contributed by atoms with E-state index in [9.17, 15) is 8.78 Å². The van der Waals surface area contributed by atoms with Crippen LogP contribution >= 0.6 is 0 Å². The number of hydrogen-bond acceptors (Lipinski definition) is 0. The van der Waals surface area contributed by atoms with Crippen molar-refractivity contribution in [1.82, 2.24) is 0 Å². The molecule has 1 aromatic rings. The molecular formula is C21H30F2. The first-order chi connectivity index (χ1) is 11.2. The molecule has 0 spiro atoms. The van der Waals surface area contributed by atoms with Crippen LogP contribution in [0.15, 0.2) is 30.6 Å². The molecule has 0 aromatic heterocycles. The van der Waals surface area contributed by atoms with Gasteiger partial charge in [0.05, 0.1) is 6.33 Å². The molecule has 1 aliphatic rings. The molecule has 128 valence electrons. The van der Waals surface area contributed by atoms with Crippen molar-refractivity contribution in [2.75, 3.05) is 0 Å². The number of rotatable bonds is 8. The third-order valence-corrected chi connectivity index (χ3v) is 5.28. The van der Waals surface area contributed by atoms with Gasteiger partial charge in [0.15, 0.2) is 0 Å². The van der Waals surface area contributed by atoms with Gasteiger partial charge < -0.3 is 0 Å². The van der Waals surface area contributed by atoms with Crippen LogP contribution < -0.4 is 0 Å². The first-order valence-corrected chi connectivity index (χ1v) is 9.28. The molecule has 2 rings (SSSR count). The van der Waals surface area contributed by atoms with E-state index < -0.39 is 0 Å². The van der Waals surface area contributed by atoms with Gasteiger partial charge in [-0.1, -0.05) is 50.8 Å². The Morgan fingerprint density at radius 1 is 1.13 bits per heavy atom. The Bertz CT molecular complexity index is 485. The van der Waals surface area contributed by atoms with E-state index in [-0.39, 0.29) is 5.82 Å². The van der Waals surface area contributed by atoms with Gasteiger partial charge in [0, 0.05) is 0 Å². The van der Waals surface area contributed by atoms with Crippen LogP contribution in [-0.4, -0.2) is 0 Å². The van der Waals surface area contributed by atoms with Gasteiger partial charge in [0.2, 0.25) is 0 Å². The highest BCUT2D eigenvalue weighted by Crippen LogP contribution is 2.38. The van der Waals surface area contributed by atoms with Crippen molar-refractivity contribution < 1.29 is 8.78 Å². The highest BCUT2D eigenvalue weighted by Gasteiger charge is 2.22. The van der Waals surface area contributed by atoms with Crippen molar-refractivity contribution in [3.8, 4) is 0 Å². The predicted octanol–water partition coefficient (Wildman–Crippen LogP) is 7.10. The van der Waals surface area contributed by atoms with Gasteiger partial charge in [-0.2, -0.15) is 0 Å². The summed E-state index contributed by atoms with van der Waals surface area (Å²) in [4.78, 5) is 0. The maximum atomic E-state index is 14.2. The van der Waals surface area contributed by atoms with Gasteiger partial charge in [-0.3, -0.25) is 0 Å². The Labute approximate surface area is 140 Å².